The fourth-order valence-electron chi connectivity index (χ4n) is 1.21. The molecule has 0 aromatic heterocycles. The van der Waals surface area contributed by atoms with E-state index in [0.29, 0.717) is 4.90 Å². The summed E-state index contributed by atoms with van der Waals surface area (Å²) in [5.74, 6) is 0. The number of hydrogen-bond donors (Lipinski definition) is 0. The van der Waals surface area contributed by atoms with E-state index in [1.807, 2.05) is 0 Å². The lowest BCUT2D eigenvalue weighted by molar-refractivity contribution is 0.604. The molecule has 2 nitrogen and oxygen atoms in total. The van der Waals surface area contributed by atoms with Gasteiger partial charge in [-0.1, -0.05) is 44.0 Å². The zero-order chi connectivity index (χ0) is 11.1. The molecule has 0 bridgehead atoms. The zero-order valence-corrected chi connectivity index (χ0v) is 9.70. The van der Waals surface area contributed by atoms with Crippen LogP contribution in [-0.4, -0.2) is 8.42 Å². The van der Waals surface area contributed by atoms with Crippen molar-refractivity contribution in [3.63, 3.8) is 0 Å². The Labute approximate surface area is 91.6 Å². The first-order valence-corrected chi connectivity index (χ1v) is 6.68. The minimum absolute atomic E-state index is 0.359. The van der Waals surface area contributed by atoms with Crippen LogP contribution < -0.4 is 0 Å². The predicted molar refractivity (Wildman–Crippen MR) is 62.3 cm³/mol. The lowest BCUT2D eigenvalue weighted by Crippen LogP contribution is -1.95. The van der Waals surface area contributed by atoms with Gasteiger partial charge < -0.3 is 0 Å². The van der Waals surface area contributed by atoms with Gasteiger partial charge in [0.1, 0.15) is 0 Å². The van der Waals surface area contributed by atoms with Gasteiger partial charge in [-0.2, -0.15) is 0 Å². The highest BCUT2D eigenvalue weighted by Crippen LogP contribution is 2.11. The Balaban J connectivity index is 2.73. The van der Waals surface area contributed by atoms with E-state index < -0.39 is 9.84 Å². The molecule has 1 aromatic rings. The van der Waals surface area contributed by atoms with Crippen LogP contribution in [0.1, 0.15) is 26.2 Å². The van der Waals surface area contributed by atoms with Gasteiger partial charge in [-0.3, -0.25) is 0 Å². The smallest absolute Gasteiger partial charge is 0.199 e. The summed E-state index contributed by atoms with van der Waals surface area (Å²) >= 11 is 0. The molecule has 0 unspecified atom stereocenters. The molecule has 15 heavy (non-hydrogen) atoms. The molecule has 82 valence electrons. The molecule has 0 radical (unpaired) electrons. The third-order valence-electron chi connectivity index (χ3n) is 2.07. The van der Waals surface area contributed by atoms with Gasteiger partial charge in [-0.15, -0.1) is 0 Å². The molecule has 0 aliphatic carbocycles. The average molecular weight is 224 g/mol. The van der Waals surface area contributed by atoms with Gasteiger partial charge in [0.2, 0.25) is 0 Å². The predicted octanol–water partition coefficient (Wildman–Crippen LogP) is 3.16. The Morgan fingerprint density at radius 1 is 1.20 bits per heavy atom. The third-order valence-corrected chi connectivity index (χ3v) is 3.55. The summed E-state index contributed by atoms with van der Waals surface area (Å²) in [6.45, 7) is 2.08. The van der Waals surface area contributed by atoms with Crippen molar-refractivity contribution in [1.29, 1.82) is 0 Å². The minimum Gasteiger partial charge on any atom is -0.219 e. The van der Waals surface area contributed by atoms with Crippen molar-refractivity contribution in [3.8, 4) is 0 Å². The van der Waals surface area contributed by atoms with E-state index in [1.165, 1.54) is 5.41 Å². The summed E-state index contributed by atoms with van der Waals surface area (Å²) in [5.41, 5.74) is 0. The van der Waals surface area contributed by atoms with Gasteiger partial charge in [-0.05, 0) is 18.6 Å². The van der Waals surface area contributed by atoms with Gasteiger partial charge in [0.05, 0.1) is 4.90 Å². The maximum Gasteiger partial charge on any atom is 0.199 e. The van der Waals surface area contributed by atoms with Gasteiger partial charge in [-0.25, -0.2) is 8.42 Å². The molecule has 0 saturated carbocycles. The van der Waals surface area contributed by atoms with Crippen LogP contribution in [0.25, 0.3) is 0 Å². The van der Waals surface area contributed by atoms with E-state index in [9.17, 15) is 8.42 Å². The molecule has 0 atom stereocenters. The topological polar surface area (TPSA) is 34.1 Å². The molecule has 1 rings (SSSR count). The fourth-order valence-corrected chi connectivity index (χ4v) is 2.29. The van der Waals surface area contributed by atoms with Crippen molar-refractivity contribution >= 4 is 9.84 Å². The Hall–Kier alpha value is -1.09. The Morgan fingerprint density at radius 3 is 2.47 bits per heavy atom. The molecule has 0 aliphatic heterocycles. The van der Waals surface area contributed by atoms with Crippen molar-refractivity contribution in [2.24, 2.45) is 0 Å². The molecule has 0 fully saturated rings. The maximum atomic E-state index is 11.7. The first-order valence-electron chi connectivity index (χ1n) is 5.13. The normalized spacial score (nSPS) is 12.1. The number of sulfone groups is 1. The van der Waals surface area contributed by atoms with Crippen molar-refractivity contribution in [1.82, 2.24) is 0 Å². The van der Waals surface area contributed by atoms with Crippen molar-refractivity contribution < 1.29 is 8.42 Å². The highest BCUT2D eigenvalue weighted by atomic mass is 32.2. The van der Waals surface area contributed by atoms with Gasteiger partial charge in [0, 0.05) is 5.41 Å². The summed E-state index contributed by atoms with van der Waals surface area (Å²) in [6.07, 6.45) is 4.66. The SMILES string of the molecule is CCCC/C=C\S(=O)(=O)c1ccccc1. The summed E-state index contributed by atoms with van der Waals surface area (Å²) in [6, 6.07) is 8.48. The molecule has 0 saturated heterocycles. The summed E-state index contributed by atoms with van der Waals surface area (Å²) in [4.78, 5) is 0.359. The summed E-state index contributed by atoms with van der Waals surface area (Å²) in [5, 5.41) is 1.30. The van der Waals surface area contributed by atoms with Crippen LogP contribution in [0.2, 0.25) is 0 Å². The molecule has 0 N–H and O–H groups in total. The van der Waals surface area contributed by atoms with Crippen LogP contribution in [0.3, 0.4) is 0 Å². The first kappa shape index (κ1) is 12.0. The molecule has 0 amide bonds. The summed E-state index contributed by atoms with van der Waals surface area (Å²) < 4.78 is 23.4. The number of allylic oxidation sites excluding steroid dienone is 1. The van der Waals surface area contributed by atoms with Crippen LogP contribution >= 0.6 is 0 Å². The van der Waals surface area contributed by atoms with Crippen molar-refractivity contribution in [2.75, 3.05) is 0 Å². The van der Waals surface area contributed by atoms with E-state index in [4.69, 9.17) is 0 Å². The third kappa shape index (κ3) is 3.88. The van der Waals surface area contributed by atoms with E-state index in [2.05, 4.69) is 6.92 Å². The lowest BCUT2D eigenvalue weighted by atomic mass is 10.2. The van der Waals surface area contributed by atoms with Gasteiger partial charge >= 0.3 is 0 Å². The second-order valence-electron chi connectivity index (χ2n) is 3.37. The quantitative estimate of drug-likeness (QED) is 0.720. The molecule has 1 aromatic carbocycles. The molecular weight excluding hydrogens is 208 g/mol. The number of unbranched alkanes of at least 4 members (excludes halogenated alkanes) is 2. The number of benzene rings is 1. The minimum atomic E-state index is -3.22. The first-order chi connectivity index (χ1) is 7.17. The van der Waals surface area contributed by atoms with Gasteiger partial charge in [0.25, 0.3) is 0 Å². The fraction of sp³-hybridized carbons (Fsp3) is 0.333. The van der Waals surface area contributed by atoms with Crippen molar-refractivity contribution in [2.45, 2.75) is 31.1 Å². The monoisotopic (exact) mass is 224 g/mol. The van der Waals surface area contributed by atoms with Gasteiger partial charge in [0.15, 0.2) is 9.84 Å². The molecule has 0 heterocycles. The molecule has 0 spiro atoms. The van der Waals surface area contributed by atoms with Crippen LogP contribution in [-0.2, 0) is 9.84 Å². The van der Waals surface area contributed by atoms with Crippen LogP contribution in [0.5, 0.6) is 0 Å². The Morgan fingerprint density at radius 2 is 1.87 bits per heavy atom. The molecule has 3 heteroatoms. The van der Waals surface area contributed by atoms with Crippen LogP contribution in [0.15, 0.2) is 46.7 Å². The van der Waals surface area contributed by atoms with E-state index in [1.54, 1.807) is 36.4 Å². The highest BCUT2D eigenvalue weighted by Gasteiger charge is 2.07. The van der Waals surface area contributed by atoms with E-state index in [0.717, 1.165) is 19.3 Å². The number of hydrogen-bond acceptors (Lipinski definition) is 2. The standard InChI is InChI=1S/C12H16O2S/c1-2-3-4-8-11-15(13,14)12-9-6-5-7-10-12/h5-11H,2-4H2,1H3/b11-8-. The van der Waals surface area contributed by atoms with Crippen LogP contribution in [0.4, 0.5) is 0 Å². The Bertz CT molecular complexity index is 405. The van der Waals surface area contributed by atoms with E-state index >= 15 is 0 Å². The maximum absolute atomic E-state index is 11.7. The molecular formula is C12H16O2S. The second kappa shape index (κ2) is 5.71. The van der Waals surface area contributed by atoms with Crippen molar-refractivity contribution in [3.05, 3.63) is 41.8 Å². The Kier molecular flexibility index (Phi) is 4.56. The molecule has 0 aliphatic rings. The largest absolute Gasteiger partial charge is 0.219 e. The highest BCUT2D eigenvalue weighted by molar-refractivity contribution is 7.94. The van der Waals surface area contributed by atoms with E-state index in [-0.39, 0.29) is 0 Å². The average Bonchev–Trinajstić information content (AvgIpc) is 2.26. The number of rotatable bonds is 5. The van der Waals surface area contributed by atoms with Crippen LogP contribution in [0, 0.1) is 0 Å². The lowest BCUT2D eigenvalue weighted by Gasteiger charge is -1.97. The second-order valence-corrected chi connectivity index (χ2v) is 5.21. The zero-order valence-electron chi connectivity index (χ0n) is 8.89. The summed E-state index contributed by atoms with van der Waals surface area (Å²) in [7, 11) is -3.22.